The van der Waals surface area contributed by atoms with Crippen LogP contribution in [0.5, 0.6) is 0 Å². The monoisotopic (exact) mass is 264 g/mol. The molecule has 6 N–H and O–H groups in total. The third kappa shape index (κ3) is 2.69. The fraction of sp³-hybridized carbons (Fsp3) is 0.700. The van der Waals surface area contributed by atoms with E-state index in [1.807, 2.05) is 0 Å². The second kappa shape index (κ2) is 5.31. The average molecular weight is 264 g/mol. The second-order valence-corrected chi connectivity index (χ2v) is 4.20. The van der Waals surface area contributed by atoms with E-state index in [1.54, 1.807) is 0 Å². The van der Waals surface area contributed by atoms with Crippen LogP contribution in [0, 0.1) is 0 Å². The van der Waals surface area contributed by atoms with E-state index in [0.717, 1.165) is 0 Å². The van der Waals surface area contributed by atoms with Crippen molar-refractivity contribution in [3.05, 3.63) is 12.2 Å². The number of hydrogen-bond acceptors (Lipinski definition) is 7. The Morgan fingerprint density at radius 3 is 2.28 bits per heavy atom. The summed E-state index contributed by atoms with van der Waals surface area (Å²) in [6.07, 6.45) is -7.31. The first-order valence-corrected chi connectivity index (χ1v) is 5.19. The molecule has 1 unspecified atom stereocenters. The number of ether oxygens (including phenoxy) is 1. The van der Waals surface area contributed by atoms with Gasteiger partial charge in [0.25, 0.3) is 0 Å². The molecule has 1 heterocycles. The SMILES string of the molecule is C=C(CC1(O)O[C@H](CO)[C@@H](O)[C@H](O)[C@H]1O)C(=O)O. The highest BCUT2D eigenvalue weighted by molar-refractivity contribution is 5.85. The molecule has 8 nitrogen and oxygen atoms in total. The van der Waals surface area contributed by atoms with Crippen molar-refractivity contribution in [3.63, 3.8) is 0 Å². The Balaban J connectivity index is 2.91. The summed E-state index contributed by atoms with van der Waals surface area (Å²) in [5, 5.41) is 56.1. The largest absolute Gasteiger partial charge is 0.478 e. The Morgan fingerprint density at radius 1 is 1.28 bits per heavy atom. The zero-order chi connectivity index (χ0) is 14.1. The van der Waals surface area contributed by atoms with Gasteiger partial charge in [0.1, 0.15) is 24.4 Å². The number of aliphatic hydroxyl groups is 5. The van der Waals surface area contributed by atoms with Gasteiger partial charge in [-0.3, -0.25) is 0 Å². The first-order valence-electron chi connectivity index (χ1n) is 5.19. The van der Waals surface area contributed by atoms with Gasteiger partial charge in [-0.2, -0.15) is 0 Å². The molecule has 1 rings (SSSR count). The van der Waals surface area contributed by atoms with Crippen LogP contribution in [0.2, 0.25) is 0 Å². The van der Waals surface area contributed by atoms with Crippen molar-refractivity contribution >= 4 is 5.97 Å². The van der Waals surface area contributed by atoms with Crippen molar-refractivity contribution in [2.45, 2.75) is 36.6 Å². The molecule has 0 spiro atoms. The topological polar surface area (TPSA) is 148 Å². The maximum Gasteiger partial charge on any atom is 0.331 e. The summed E-state index contributed by atoms with van der Waals surface area (Å²) in [4.78, 5) is 10.6. The highest BCUT2D eigenvalue weighted by Gasteiger charge is 2.52. The van der Waals surface area contributed by atoms with E-state index in [1.165, 1.54) is 0 Å². The molecule has 104 valence electrons. The van der Waals surface area contributed by atoms with Crippen LogP contribution in [0.25, 0.3) is 0 Å². The summed E-state index contributed by atoms with van der Waals surface area (Å²) in [5.41, 5.74) is -0.447. The summed E-state index contributed by atoms with van der Waals surface area (Å²) in [7, 11) is 0. The highest BCUT2D eigenvalue weighted by Crippen LogP contribution is 2.32. The van der Waals surface area contributed by atoms with Crippen LogP contribution in [0.15, 0.2) is 12.2 Å². The number of hydrogen-bond donors (Lipinski definition) is 6. The Bertz CT molecular complexity index is 341. The molecule has 0 amide bonds. The van der Waals surface area contributed by atoms with E-state index in [-0.39, 0.29) is 0 Å². The summed E-state index contributed by atoms with van der Waals surface area (Å²) in [5.74, 6) is -3.83. The summed E-state index contributed by atoms with van der Waals surface area (Å²) < 4.78 is 4.86. The van der Waals surface area contributed by atoms with E-state index in [0.29, 0.717) is 0 Å². The first kappa shape index (κ1) is 15.0. The Labute approximate surface area is 102 Å². The highest BCUT2D eigenvalue weighted by atomic mass is 16.7. The molecule has 0 bridgehead atoms. The van der Waals surface area contributed by atoms with Gasteiger partial charge < -0.3 is 35.4 Å². The normalized spacial score (nSPS) is 40.5. The lowest BCUT2D eigenvalue weighted by molar-refractivity contribution is -0.348. The molecule has 1 saturated heterocycles. The minimum Gasteiger partial charge on any atom is -0.478 e. The lowest BCUT2D eigenvalue weighted by Gasteiger charge is -2.45. The van der Waals surface area contributed by atoms with Crippen molar-refractivity contribution in [3.8, 4) is 0 Å². The molecule has 0 aromatic rings. The van der Waals surface area contributed by atoms with Gasteiger partial charge >= 0.3 is 5.97 Å². The van der Waals surface area contributed by atoms with Gasteiger partial charge in [0.2, 0.25) is 0 Å². The third-order valence-electron chi connectivity index (χ3n) is 2.82. The van der Waals surface area contributed by atoms with Crippen molar-refractivity contribution in [2.75, 3.05) is 6.61 Å². The zero-order valence-corrected chi connectivity index (χ0v) is 9.43. The van der Waals surface area contributed by atoms with E-state index in [9.17, 15) is 25.2 Å². The van der Waals surface area contributed by atoms with Gasteiger partial charge in [0, 0.05) is 12.0 Å². The van der Waals surface area contributed by atoms with Crippen LogP contribution in [-0.2, 0) is 9.53 Å². The minimum absolute atomic E-state index is 0.447. The third-order valence-corrected chi connectivity index (χ3v) is 2.82. The number of aliphatic hydroxyl groups excluding tert-OH is 4. The van der Waals surface area contributed by atoms with E-state index < -0.39 is 54.8 Å². The quantitative estimate of drug-likeness (QED) is 0.298. The van der Waals surface area contributed by atoms with Crippen LogP contribution in [0.4, 0.5) is 0 Å². The van der Waals surface area contributed by atoms with E-state index in [4.69, 9.17) is 14.9 Å². The van der Waals surface area contributed by atoms with Gasteiger partial charge in [-0.05, 0) is 0 Å². The molecule has 0 aromatic carbocycles. The van der Waals surface area contributed by atoms with Crippen LogP contribution < -0.4 is 0 Å². The standard InChI is InChI=1S/C10H16O8/c1-4(9(15)16)2-10(17)8(14)7(13)6(12)5(3-11)18-10/h5-8,11-14,17H,1-3H2,(H,15,16)/t5-,6-,7+,8-,10?/m1/s1. The minimum atomic E-state index is -2.43. The van der Waals surface area contributed by atoms with Gasteiger partial charge in [-0.1, -0.05) is 6.58 Å². The summed E-state index contributed by atoms with van der Waals surface area (Å²) in [6.45, 7) is 2.45. The Morgan fingerprint density at radius 2 is 1.83 bits per heavy atom. The van der Waals surface area contributed by atoms with Crippen molar-refractivity contribution in [2.24, 2.45) is 0 Å². The molecular weight excluding hydrogens is 248 g/mol. The lowest BCUT2D eigenvalue weighted by Crippen LogP contribution is -2.65. The molecule has 0 aromatic heterocycles. The average Bonchev–Trinajstić information content (AvgIpc) is 2.31. The van der Waals surface area contributed by atoms with E-state index in [2.05, 4.69) is 6.58 Å². The Hall–Kier alpha value is -1.03. The summed E-state index contributed by atoms with van der Waals surface area (Å²) >= 11 is 0. The molecule has 5 atom stereocenters. The summed E-state index contributed by atoms with van der Waals surface area (Å²) in [6, 6.07) is 0. The smallest absolute Gasteiger partial charge is 0.331 e. The molecule has 8 heteroatoms. The van der Waals surface area contributed by atoms with Gasteiger partial charge in [-0.15, -0.1) is 0 Å². The number of aliphatic carboxylic acids is 1. The molecule has 1 aliphatic heterocycles. The van der Waals surface area contributed by atoms with E-state index >= 15 is 0 Å². The molecule has 1 fully saturated rings. The predicted octanol–water partition coefficient (Wildman–Crippen LogP) is -2.82. The molecule has 18 heavy (non-hydrogen) atoms. The molecule has 0 aliphatic carbocycles. The number of carboxylic acids is 1. The fourth-order valence-electron chi connectivity index (χ4n) is 1.75. The lowest BCUT2D eigenvalue weighted by atomic mass is 9.89. The number of carboxylic acid groups (broad SMARTS) is 1. The fourth-order valence-corrected chi connectivity index (χ4v) is 1.75. The van der Waals surface area contributed by atoms with Gasteiger partial charge in [0.15, 0.2) is 5.79 Å². The maximum atomic E-state index is 10.6. The van der Waals surface area contributed by atoms with Crippen molar-refractivity contribution < 1.29 is 40.2 Å². The number of carbonyl (C=O) groups is 1. The first-order chi connectivity index (χ1) is 8.23. The van der Waals surface area contributed by atoms with Gasteiger partial charge in [-0.25, -0.2) is 4.79 Å². The number of rotatable bonds is 4. The van der Waals surface area contributed by atoms with Crippen LogP contribution in [0.3, 0.4) is 0 Å². The van der Waals surface area contributed by atoms with Crippen LogP contribution in [0.1, 0.15) is 6.42 Å². The van der Waals surface area contributed by atoms with Crippen LogP contribution >= 0.6 is 0 Å². The van der Waals surface area contributed by atoms with Crippen molar-refractivity contribution in [1.29, 1.82) is 0 Å². The van der Waals surface area contributed by atoms with Crippen LogP contribution in [-0.4, -0.2) is 73.4 Å². The molecule has 0 saturated carbocycles. The predicted molar refractivity (Wildman–Crippen MR) is 56.3 cm³/mol. The van der Waals surface area contributed by atoms with Gasteiger partial charge in [0.05, 0.1) is 6.61 Å². The Kier molecular flexibility index (Phi) is 4.43. The van der Waals surface area contributed by atoms with Crippen molar-refractivity contribution in [1.82, 2.24) is 0 Å². The second-order valence-electron chi connectivity index (χ2n) is 4.20. The zero-order valence-electron chi connectivity index (χ0n) is 9.43. The maximum absolute atomic E-state index is 10.6. The molecular formula is C10H16O8. The molecule has 1 aliphatic rings. The molecule has 0 radical (unpaired) electrons.